The molecule has 1 fully saturated rings. The third-order valence-electron chi connectivity index (χ3n) is 7.33. The van der Waals surface area contributed by atoms with Crippen LogP contribution >= 0.6 is 0 Å². The van der Waals surface area contributed by atoms with Crippen molar-refractivity contribution in [3.63, 3.8) is 0 Å². The molecule has 1 saturated heterocycles. The van der Waals surface area contributed by atoms with Crippen LogP contribution in [-0.4, -0.2) is 74.3 Å². The summed E-state index contributed by atoms with van der Waals surface area (Å²) in [5.74, 6) is -1.15. The number of hydrogen-bond acceptors (Lipinski definition) is 7. The highest BCUT2D eigenvalue weighted by Crippen LogP contribution is 2.34. The molecular weight excluding hydrogens is 604 g/mol. The number of benzene rings is 2. The standard InChI is InChI=1S/C34H48F4N4O4/c1-32(2,3)46-29(43)13-9-12-26(23-39-25-14-16-27(17-15-25)42-18-20-45-21-19-42)40-31(44)28(22-33(4,5)35)41-30(34(36,37)38)24-10-7-6-8-11-24/h6-8,10-11,14-17,26,28,30,39,41H,9,12-13,18-23H2,1-5H3,(H,40,44)/t26-,28-,30-/m0/s1. The van der Waals surface area contributed by atoms with E-state index in [4.69, 9.17) is 9.47 Å². The Balaban J connectivity index is 1.75. The number of nitrogens with zero attached hydrogens (tertiary/aromatic N) is 1. The number of carbonyl (C=O) groups is 2. The number of ether oxygens (including phenoxy) is 2. The lowest BCUT2D eigenvalue weighted by atomic mass is 9.97. The van der Waals surface area contributed by atoms with Crippen molar-refractivity contribution < 1.29 is 36.6 Å². The van der Waals surface area contributed by atoms with Gasteiger partial charge in [-0.1, -0.05) is 30.3 Å². The van der Waals surface area contributed by atoms with Crippen LogP contribution in [-0.2, 0) is 19.1 Å². The maximum Gasteiger partial charge on any atom is 0.407 e. The fourth-order valence-electron chi connectivity index (χ4n) is 5.20. The zero-order valence-electron chi connectivity index (χ0n) is 27.4. The van der Waals surface area contributed by atoms with Gasteiger partial charge >= 0.3 is 12.1 Å². The second-order valence-electron chi connectivity index (χ2n) is 13.2. The molecular formula is C34H48F4N4O4. The molecule has 2 aromatic carbocycles. The molecule has 1 heterocycles. The van der Waals surface area contributed by atoms with Crippen LogP contribution in [0.1, 0.15) is 71.9 Å². The Morgan fingerprint density at radius 2 is 1.57 bits per heavy atom. The van der Waals surface area contributed by atoms with Crippen molar-refractivity contribution in [3.8, 4) is 0 Å². The van der Waals surface area contributed by atoms with Gasteiger partial charge < -0.3 is 25.0 Å². The zero-order valence-corrected chi connectivity index (χ0v) is 27.4. The van der Waals surface area contributed by atoms with Gasteiger partial charge in [-0.3, -0.25) is 14.9 Å². The summed E-state index contributed by atoms with van der Waals surface area (Å²) >= 11 is 0. The van der Waals surface area contributed by atoms with E-state index in [1.165, 1.54) is 38.1 Å². The molecule has 3 atom stereocenters. The van der Waals surface area contributed by atoms with Crippen molar-refractivity contribution in [1.29, 1.82) is 0 Å². The number of rotatable bonds is 15. The Morgan fingerprint density at radius 3 is 2.13 bits per heavy atom. The van der Waals surface area contributed by atoms with Crippen LogP contribution in [0.15, 0.2) is 54.6 Å². The molecule has 0 saturated carbocycles. The van der Waals surface area contributed by atoms with Gasteiger partial charge in [0.2, 0.25) is 5.91 Å². The van der Waals surface area contributed by atoms with Crippen LogP contribution in [0.2, 0.25) is 0 Å². The summed E-state index contributed by atoms with van der Waals surface area (Å²) in [6, 6.07) is 10.7. The van der Waals surface area contributed by atoms with E-state index in [0.29, 0.717) is 26.1 Å². The van der Waals surface area contributed by atoms with E-state index < -0.39 is 47.9 Å². The first kappa shape index (κ1) is 37.1. The van der Waals surface area contributed by atoms with Crippen LogP contribution in [0.3, 0.4) is 0 Å². The molecule has 2 aromatic rings. The van der Waals surface area contributed by atoms with Crippen molar-refractivity contribution in [1.82, 2.24) is 10.6 Å². The molecule has 1 aliphatic heterocycles. The molecule has 12 heteroatoms. The van der Waals surface area contributed by atoms with Gasteiger partial charge in [-0.15, -0.1) is 0 Å². The largest absolute Gasteiger partial charge is 0.460 e. The molecule has 1 aliphatic rings. The fraction of sp³-hybridized carbons (Fsp3) is 0.588. The first-order valence-electron chi connectivity index (χ1n) is 15.8. The van der Waals surface area contributed by atoms with Crippen molar-refractivity contribution in [2.75, 3.05) is 43.1 Å². The molecule has 0 aliphatic carbocycles. The Labute approximate surface area is 269 Å². The third-order valence-corrected chi connectivity index (χ3v) is 7.33. The van der Waals surface area contributed by atoms with Gasteiger partial charge in [-0.2, -0.15) is 13.2 Å². The van der Waals surface area contributed by atoms with Crippen LogP contribution in [0.5, 0.6) is 0 Å². The van der Waals surface area contributed by atoms with Gasteiger partial charge in [-0.25, -0.2) is 4.39 Å². The molecule has 8 nitrogen and oxygen atoms in total. The van der Waals surface area contributed by atoms with Crippen LogP contribution in [0, 0.1) is 0 Å². The predicted molar refractivity (Wildman–Crippen MR) is 172 cm³/mol. The molecule has 0 unspecified atom stereocenters. The van der Waals surface area contributed by atoms with E-state index in [1.54, 1.807) is 26.8 Å². The first-order chi connectivity index (χ1) is 21.5. The number of nitrogens with one attached hydrogen (secondary N) is 3. The topological polar surface area (TPSA) is 91.9 Å². The Bertz CT molecular complexity index is 1220. The van der Waals surface area contributed by atoms with Gasteiger partial charge in [0, 0.05) is 49.9 Å². The van der Waals surface area contributed by atoms with Crippen LogP contribution < -0.4 is 20.9 Å². The summed E-state index contributed by atoms with van der Waals surface area (Å²) in [6.07, 6.45) is -4.43. The normalized spacial score (nSPS) is 16.3. The predicted octanol–water partition coefficient (Wildman–Crippen LogP) is 6.33. The SMILES string of the molecule is CC(C)(F)C[C@H](N[C@@H](c1ccccc1)C(F)(F)F)C(=O)N[C@@H](CCCC(=O)OC(C)(C)C)CNc1ccc(N2CCOCC2)cc1. The lowest BCUT2D eigenvalue weighted by Crippen LogP contribution is -2.53. The Hall–Kier alpha value is -3.38. The van der Waals surface area contributed by atoms with E-state index in [9.17, 15) is 27.2 Å². The number of amides is 1. The number of halogens is 4. The van der Waals surface area contributed by atoms with E-state index in [0.717, 1.165) is 24.5 Å². The molecule has 0 spiro atoms. The number of carbonyl (C=O) groups excluding carboxylic acids is 2. The molecule has 3 N–H and O–H groups in total. The van der Waals surface area contributed by atoms with E-state index in [1.807, 2.05) is 24.3 Å². The molecule has 0 bridgehead atoms. The number of alkyl halides is 4. The summed E-state index contributed by atoms with van der Waals surface area (Å²) in [6.45, 7) is 10.9. The fourth-order valence-corrected chi connectivity index (χ4v) is 5.20. The molecule has 0 aromatic heterocycles. The van der Waals surface area contributed by atoms with Crippen LogP contribution in [0.4, 0.5) is 28.9 Å². The smallest absolute Gasteiger partial charge is 0.407 e. The number of esters is 1. The molecule has 3 rings (SSSR count). The summed E-state index contributed by atoms with van der Waals surface area (Å²) < 4.78 is 68.2. The number of morpholine rings is 1. The van der Waals surface area contributed by atoms with E-state index in [2.05, 4.69) is 20.9 Å². The minimum atomic E-state index is -4.73. The highest BCUT2D eigenvalue weighted by molar-refractivity contribution is 5.82. The average molecular weight is 653 g/mol. The first-order valence-corrected chi connectivity index (χ1v) is 15.8. The molecule has 1 amide bonds. The van der Waals surface area contributed by atoms with Crippen molar-refractivity contribution in [2.45, 2.75) is 95.9 Å². The average Bonchev–Trinajstić information content (AvgIpc) is 2.97. The second kappa shape index (κ2) is 16.4. The summed E-state index contributed by atoms with van der Waals surface area (Å²) in [5, 5.41) is 8.52. The zero-order chi connectivity index (χ0) is 34.0. The van der Waals surface area contributed by atoms with Crippen molar-refractivity contribution >= 4 is 23.3 Å². The monoisotopic (exact) mass is 652 g/mol. The van der Waals surface area contributed by atoms with E-state index in [-0.39, 0.29) is 24.5 Å². The van der Waals surface area contributed by atoms with Crippen molar-refractivity contribution in [2.24, 2.45) is 0 Å². The molecule has 46 heavy (non-hydrogen) atoms. The number of hydrogen-bond donors (Lipinski definition) is 3. The van der Waals surface area contributed by atoms with Gasteiger partial charge in [0.25, 0.3) is 0 Å². The highest BCUT2D eigenvalue weighted by Gasteiger charge is 2.44. The minimum absolute atomic E-state index is 0.0828. The quantitative estimate of drug-likeness (QED) is 0.153. The van der Waals surface area contributed by atoms with Gasteiger partial charge in [0.15, 0.2) is 0 Å². The summed E-state index contributed by atoms with van der Waals surface area (Å²) in [4.78, 5) is 28.1. The molecule has 256 valence electrons. The second-order valence-corrected chi connectivity index (χ2v) is 13.2. The maximum absolute atomic E-state index is 14.9. The molecule has 0 radical (unpaired) electrons. The third kappa shape index (κ3) is 13.2. The van der Waals surface area contributed by atoms with Crippen molar-refractivity contribution in [3.05, 3.63) is 60.2 Å². The maximum atomic E-state index is 14.9. The Kier molecular flexibility index (Phi) is 13.3. The van der Waals surface area contributed by atoms with Gasteiger partial charge in [-0.05, 0) is 77.3 Å². The van der Waals surface area contributed by atoms with E-state index >= 15 is 0 Å². The van der Waals surface area contributed by atoms with Gasteiger partial charge in [0.1, 0.15) is 17.3 Å². The van der Waals surface area contributed by atoms with Gasteiger partial charge in [0.05, 0.1) is 19.3 Å². The van der Waals surface area contributed by atoms with Crippen LogP contribution in [0.25, 0.3) is 0 Å². The lowest BCUT2D eigenvalue weighted by molar-refractivity contribution is -0.161. The summed E-state index contributed by atoms with van der Waals surface area (Å²) in [7, 11) is 0. The summed E-state index contributed by atoms with van der Waals surface area (Å²) in [5.41, 5.74) is -0.832. The Morgan fingerprint density at radius 1 is 0.935 bits per heavy atom. The highest BCUT2D eigenvalue weighted by atomic mass is 19.4. The number of anilines is 2. The minimum Gasteiger partial charge on any atom is -0.460 e. The lowest BCUT2D eigenvalue weighted by Gasteiger charge is -2.31.